The zero-order chi connectivity index (χ0) is 13.0. The Hall–Kier alpha value is -0.0800. The Kier molecular flexibility index (Phi) is 11.0. The van der Waals surface area contributed by atoms with Crippen LogP contribution in [0.15, 0.2) is 0 Å². The highest BCUT2D eigenvalue weighted by Crippen LogP contribution is 2.22. The van der Waals surface area contributed by atoms with Gasteiger partial charge in [-0.1, -0.05) is 58.8 Å². The maximum Gasteiger partial charge on any atom is 0.0153 e. The Morgan fingerprint density at radius 3 is 1.94 bits per heavy atom. The summed E-state index contributed by atoms with van der Waals surface area (Å²) < 4.78 is 0. The molecule has 0 aromatic carbocycles. The van der Waals surface area contributed by atoms with Crippen LogP contribution >= 0.6 is 0 Å². The predicted molar refractivity (Wildman–Crippen MR) is 78.4 cm³/mol. The van der Waals surface area contributed by atoms with Crippen LogP contribution in [0.5, 0.6) is 0 Å². The minimum absolute atomic E-state index is 0.322. The predicted octanol–water partition coefficient (Wildman–Crippen LogP) is 3.84. The molecule has 0 saturated carbocycles. The summed E-state index contributed by atoms with van der Waals surface area (Å²) in [5, 5.41) is 3.66. The molecule has 0 aromatic heterocycles. The van der Waals surface area contributed by atoms with Crippen molar-refractivity contribution >= 4 is 0 Å². The second-order valence-corrected chi connectivity index (χ2v) is 5.54. The number of hydrogen-bond acceptors (Lipinski definition) is 2. The SMILES string of the molecule is CCCCCCC(C)(CCCCC)NCCN. The van der Waals surface area contributed by atoms with Crippen molar-refractivity contribution in [2.75, 3.05) is 13.1 Å². The molecule has 3 N–H and O–H groups in total. The molecule has 0 spiro atoms. The Balaban J connectivity index is 3.90. The third-order valence-corrected chi connectivity index (χ3v) is 3.61. The number of nitrogens with two attached hydrogens (primary N) is 1. The quantitative estimate of drug-likeness (QED) is 0.510. The topological polar surface area (TPSA) is 38.0 Å². The van der Waals surface area contributed by atoms with Crippen molar-refractivity contribution < 1.29 is 0 Å². The number of unbranched alkanes of at least 4 members (excludes halogenated alkanes) is 5. The average Bonchev–Trinajstić information content (AvgIpc) is 2.33. The molecule has 0 aliphatic rings. The van der Waals surface area contributed by atoms with E-state index < -0.39 is 0 Å². The van der Waals surface area contributed by atoms with Crippen LogP contribution in [0.4, 0.5) is 0 Å². The van der Waals surface area contributed by atoms with E-state index in [0.717, 1.165) is 13.1 Å². The molecule has 0 rings (SSSR count). The van der Waals surface area contributed by atoms with E-state index in [9.17, 15) is 0 Å². The van der Waals surface area contributed by atoms with Crippen LogP contribution in [0.3, 0.4) is 0 Å². The number of hydrogen-bond donors (Lipinski definition) is 2. The summed E-state index contributed by atoms with van der Waals surface area (Å²) in [5.41, 5.74) is 5.93. The molecule has 0 aliphatic carbocycles. The molecule has 0 heterocycles. The molecule has 0 bridgehead atoms. The van der Waals surface area contributed by atoms with Gasteiger partial charge in [0.15, 0.2) is 0 Å². The third kappa shape index (κ3) is 9.61. The number of nitrogens with one attached hydrogen (secondary N) is 1. The Bertz CT molecular complexity index is 159. The second-order valence-electron chi connectivity index (χ2n) is 5.54. The first-order valence-electron chi connectivity index (χ1n) is 7.63. The summed E-state index contributed by atoms with van der Waals surface area (Å²) in [7, 11) is 0. The lowest BCUT2D eigenvalue weighted by molar-refractivity contribution is 0.291. The molecule has 0 aromatic rings. The summed E-state index contributed by atoms with van der Waals surface area (Å²) in [6, 6.07) is 0. The van der Waals surface area contributed by atoms with Crippen LogP contribution in [0.25, 0.3) is 0 Å². The van der Waals surface area contributed by atoms with Gasteiger partial charge >= 0.3 is 0 Å². The van der Waals surface area contributed by atoms with Crippen molar-refractivity contribution in [3.05, 3.63) is 0 Å². The van der Waals surface area contributed by atoms with Gasteiger partial charge in [-0.3, -0.25) is 0 Å². The molecular formula is C15H34N2. The van der Waals surface area contributed by atoms with Crippen LogP contribution in [-0.4, -0.2) is 18.6 Å². The Morgan fingerprint density at radius 2 is 1.41 bits per heavy atom. The van der Waals surface area contributed by atoms with E-state index in [1.54, 1.807) is 0 Å². The third-order valence-electron chi connectivity index (χ3n) is 3.61. The smallest absolute Gasteiger partial charge is 0.0153 e. The molecule has 1 atom stereocenters. The molecule has 1 unspecified atom stereocenters. The van der Waals surface area contributed by atoms with Gasteiger partial charge < -0.3 is 11.1 Å². The molecule has 0 aliphatic heterocycles. The van der Waals surface area contributed by atoms with Gasteiger partial charge in [0.05, 0.1) is 0 Å². The fourth-order valence-electron chi connectivity index (χ4n) is 2.38. The lowest BCUT2D eigenvalue weighted by Gasteiger charge is -2.31. The molecular weight excluding hydrogens is 208 g/mol. The Labute approximate surface area is 109 Å². The van der Waals surface area contributed by atoms with Gasteiger partial charge in [0.2, 0.25) is 0 Å². The van der Waals surface area contributed by atoms with Crippen molar-refractivity contribution in [2.45, 2.75) is 84.1 Å². The molecule has 0 saturated heterocycles. The number of rotatable bonds is 12. The zero-order valence-electron chi connectivity index (χ0n) is 12.4. The van der Waals surface area contributed by atoms with Crippen LogP contribution in [0, 0.1) is 0 Å². The van der Waals surface area contributed by atoms with Gasteiger partial charge in [-0.2, -0.15) is 0 Å². The monoisotopic (exact) mass is 242 g/mol. The summed E-state index contributed by atoms with van der Waals surface area (Å²) in [5.74, 6) is 0. The van der Waals surface area contributed by atoms with E-state index in [2.05, 4.69) is 26.1 Å². The van der Waals surface area contributed by atoms with E-state index in [1.165, 1.54) is 57.8 Å². The van der Waals surface area contributed by atoms with Crippen LogP contribution < -0.4 is 11.1 Å². The van der Waals surface area contributed by atoms with Gasteiger partial charge in [-0.25, -0.2) is 0 Å². The molecule has 104 valence electrons. The summed E-state index contributed by atoms with van der Waals surface area (Å²) in [6.07, 6.45) is 12.0. The lowest BCUT2D eigenvalue weighted by Crippen LogP contribution is -2.44. The van der Waals surface area contributed by atoms with Crippen molar-refractivity contribution in [2.24, 2.45) is 5.73 Å². The van der Waals surface area contributed by atoms with E-state index in [0.29, 0.717) is 5.54 Å². The normalized spacial score (nSPS) is 14.8. The van der Waals surface area contributed by atoms with Crippen LogP contribution in [0.2, 0.25) is 0 Å². The van der Waals surface area contributed by atoms with Crippen molar-refractivity contribution in [3.63, 3.8) is 0 Å². The first kappa shape index (κ1) is 16.9. The molecule has 0 amide bonds. The van der Waals surface area contributed by atoms with Gasteiger partial charge in [0, 0.05) is 18.6 Å². The maximum atomic E-state index is 5.60. The van der Waals surface area contributed by atoms with E-state index in [1.807, 2.05) is 0 Å². The summed E-state index contributed by atoms with van der Waals surface area (Å²) in [6.45, 7) is 8.62. The molecule has 17 heavy (non-hydrogen) atoms. The first-order valence-corrected chi connectivity index (χ1v) is 7.63. The van der Waals surface area contributed by atoms with Crippen molar-refractivity contribution in [3.8, 4) is 0 Å². The fourth-order valence-corrected chi connectivity index (χ4v) is 2.38. The molecule has 0 fully saturated rings. The molecule has 0 radical (unpaired) electrons. The largest absolute Gasteiger partial charge is 0.329 e. The highest BCUT2D eigenvalue weighted by molar-refractivity contribution is 4.83. The van der Waals surface area contributed by atoms with Crippen molar-refractivity contribution in [1.82, 2.24) is 5.32 Å². The highest BCUT2D eigenvalue weighted by atomic mass is 15.0. The van der Waals surface area contributed by atoms with E-state index in [-0.39, 0.29) is 0 Å². The minimum Gasteiger partial charge on any atom is -0.329 e. The molecule has 2 nitrogen and oxygen atoms in total. The van der Waals surface area contributed by atoms with Crippen molar-refractivity contribution in [1.29, 1.82) is 0 Å². The van der Waals surface area contributed by atoms with E-state index in [4.69, 9.17) is 5.73 Å². The summed E-state index contributed by atoms with van der Waals surface area (Å²) in [4.78, 5) is 0. The standard InChI is InChI=1S/C15H34N2/c1-4-6-8-10-12-15(3,17-14-13-16)11-9-7-5-2/h17H,4-14,16H2,1-3H3. The first-order chi connectivity index (χ1) is 8.18. The second kappa shape index (κ2) is 11.0. The highest BCUT2D eigenvalue weighted by Gasteiger charge is 2.21. The summed E-state index contributed by atoms with van der Waals surface area (Å²) >= 11 is 0. The zero-order valence-corrected chi connectivity index (χ0v) is 12.4. The van der Waals surface area contributed by atoms with Gasteiger partial charge in [0.25, 0.3) is 0 Å². The Morgan fingerprint density at radius 1 is 0.882 bits per heavy atom. The van der Waals surface area contributed by atoms with Gasteiger partial charge in [-0.05, 0) is 19.8 Å². The maximum absolute atomic E-state index is 5.60. The minimum atomic E-state index is 0.322. The van der Waals surface area contributed by atoms with Crippen LogP contribution in [-0.2, 0) is 0 Å². The van der Waals surface area contributed by atoms with Crippen LogP contribution in [0.1, 0.15) is 78.6 Å². The van der Waals surface area contributed by atoms with Gasteiger partial charge in [-0.15, -0.1) is 0 Å². The van der Waals surface area contributed by atoms with Gasteiger partial charge in [0.1, 0.15) is 0 Å². The average molecular weight is 242 g/mol. The molecule has 2 heteroatoms. The van der Waals surface area contributed by atoms with E-state index >= 15 is 0 Å². The fraction of sp³-hybridized carbons (Fsp3) is 1.00. The lowest BCUT2D eigenvalue weighted by atomic mass is 9.88.